The van der Waals surface area contributed by atoms with Gasteiger partial charge in [-0.05, 0) is 48.0 Å². The van der Waals surface area contributed by atoms with E-state index >= 15 is 0 Å². The molecule has 0 atom stereocenters. The van der Waals surface area contributed by atoms with Gasteiger partial charge in [-0.15, -0.1) is 0 Å². The number of oxazole rings is 1. The van der Waals surface area contributed by atoms with Crippen LogP contribution in [0.5, 0.6) is 5.75 Å². The van der Waals surface area contributed by atoms with Crippen LogP contribution in [0.2, 0.25) is 5.02 Å². The summed E-state index contributed by atoms with van der Waals surface area (Å²) >= 11 is 5.90. The summed E-state index contributed by atoms with van der Waals surface area (Å²) in [5, 5.41) is 0.622. The Balaban J connectivity index is 1.85. The quantitative estimate of drug-likeness (QED) is 0.677. The molecule has 0 aliphatic heterocycles. The molecule has 0 spiro atoms. The lowest BCUT2D eigenvalue weighted by Crippen LogP contribution is -1.84. The number of methoxy groups -OCH3 is 1. The lowest BCUT2D eigenvalue weighted by molar-refractivity contribution is 0.415. The number of hydrogen-bond donors (Lipinski definition) is 0. The van der Waals surface area contributed by atoms with E-state index < -0.39 is 0 Å². The molecule has 4 nitrogen and oxygen atoms in total. The minimum atomic E-state index is 0.304. The summed E-state index contributed by atoms with van der Waals surface area (Å²) in [5.41, 5.74) is 2.29. The van der Waals surface area contributed by atoms with E-state index in [-0.39, 0.29) is 0 Å². The maximum Gasteiger partial charge on any atom is 0.322 e. The van der Waals surface area contributed by atoms with E-state index in [2.05, 4.69) is 9.98 Å². The van der Waals surface area contributed by atoms with Gasteiger partial charge in [-0.25, -0.2) is 4.99 Å². The zero-order valence-corrected chi connectivity index (χ0v) is 11.5. The van der Waals surface area contributed by atoms with Gasteiger partial charge in [0, 0.05) is 11.2 Å². The Morgan fingerprint density at radius 3 is 2.75 bits per heavy atom. The Morgan fingerprint density at radius 1 is 1.20 bits per heavy atom. The molecule has 0 saturated heterocycles. The third-order valence-electron chi connectivity index (χ3n) is 2.78. The summed E-state index contributed by atoms with van der Waals surface area (Å²) in [6.07, 6.45) is 1.69. The molecule has 0 unspecified atom stereocenters. The van der Waals surface area contributed by atoms with Crippen molar-refractivity contribution in [3.63, 3.8) is 0 Å². The highest BCUT2D eigenvalue weighted by Gasteiger charge is 2.04. The minimum Gasteiger partial charge on any atom is -0.497 e. The van der Waals surface area contributed by atoms with Crippen molar-refractivity contribution < 1.29 is 9.15 Å². The summed E-state index contributed by atoms with van der Waals surface area (Å²) in [5.74, 6) is 0.804. The van der Waals surface area contributed by atoms with E-state index in [1.807, 2.05) is 24.3 Å². The van der Waals surface area contributed by atoms with Gasteiger partial charge in [-0.2, -0.15) is 4.98 Å². The Bertz CT molecular complexity index is 763. The molecule has 0 aliphatic carbocycles. The van der Waals surface area contributed by atoms with Crippen molar-refractivity contribution in [3.05, 3.63) is 53.1 Å². The van der Waals surface area contributed by atoms with E-state index in [0.29, 0.717) is 22.1 Å². The molecule has 0 bridgehead atoms. The van der Waals surface area contributed by atoms with Crippen molar-refractivity contribution in [2.75, 3.05) is 7.11 Å². The number of halogens is 1. The smallest absolute Gasteiger partial charge is 0.322 e. The van der Waals surface area contributed by atoms with Crippen LogP contribution in [0.3, 0.4) is 0 Å². The monoisotopic (exact) mass is 286 g/mol. The van der Waals surface area contributed by atoms with Crippen LogP contribution >= 0.6 is 11.6 Å². The summed E-state index contributed by atoms with van der Waals surface area (Å²) in [7, 11) is 1.63. The van der Waals surface area contributed by atoms with E-state index in [4.69, 9.17) is 20.8 Å². The van der Waals surface area contributed by atoms with Gasteiger partial charge in [-0.1, -0.05) is 11.6 Å². The van der Waals surface area contributed by atoms with Crippen molar-refractivity contribution in [2.45, 2.75) is 0 Å². The molecule has 0 saturated carbocycles. The van der Waals surface area contributed by atoms with Crippen LogP contribution in [0, 0.1) is 0 Å². The van der Waals surface area contributed by atoms with E-state index in [1.54, 1.807) is 31.5 Å². The predicted molar refractivity (Wildman–Crippen MR) is 79.3 cm³/mol. The third-order valence-corrected chi connectivity index (χ3v) is 3.01. The van der Waals surface area contributed by atoms with Crippen LogP contribution in [-0.4, -0.2) is 18.3 Å². The topological polar surface area (TPSA) is 47.6 Å². The molecule has 3 rings (SSSR count). The summed E-state index contributed by atoms with van der Waals surface area (Å²) in [4.78, 5) is 8.46. The average Bonchev–Trinajstić information content (AvgIpc) is 2.87. The maximum absolute atomic E-state index is 5.90. The first-order valence-corrected chi connectivity index (χ1v) is 6.36. The number of benzene rings is 2. The van der Waals surface area contributed by atoms with Gasteiger partial charge in [0.05, 0.1) is 7.11 Å². The fourth-order valence-corrected chi connectivity index (χ4v) is 1.93. The molecule has 5 heteroatoms. The second kappa shape index (κ2) is 5.35. The van der Waals surface area contributed by atoms with Crippen molar-refractivity contribution in [2.24, 2.45) is 4.99 Å². The average molecular weight is 287 g/mol. The molecular formula is C15H11ClN2O2. The molecule has 0 radical (unpaired) electrons. The van der Waals surface area contributed by atoms with Gasteiger partial charge >= 0.3 is 6.01 Å². The Hall–Kier alpha value is -2.33. The summed E-state index contributed by atoms with van der Waals surface area (Å²) in [6, 6.07) is 13.1. The second-order valence-corrected chi connectivity index (χ2v) is 4.58. The number of ether oxygens (including phenoxy) is 1. The van der Waals surface area contributed by atoms with Crippen LogP contribution in [-0.2, 0) is 0 Å². The molecule has 20 heavy (non-hydrogen) atoms. The maximum atomic E-state index is 5.90. The largest absolute Gasteiger partial charge is 0.497 e. The van der Waals surface area contributed by atoms with Gasteiger partial charge in [0.25, 0.3) is 0 Å². The normalized spacial score (nSPS) is 11.3. The van der Waals surface area contributed by atoms with E-state index in [1.165, 1.54) is 0 Å². The second-order valence-electron chi connectivity index (χ2n) is 4.14. The van der Waals surface area contributed by atoms with Gasteiger partial charge < -0.3 is 9.15 Å². The minimum absolute atomic E-state index is 0.304. The number of hydrogen-bond acceptors (Lipinski definition) is 4. The van der Waals surface area contributed by atoms with Crippen molar-refractivity contribution >= 4 is 34.9 Å². The summed E-state index contributed by atoms with van der Waals surface area (Å²) in [6.45, 7) is 0. The number of aliphatic imine (C=N–C) groups is 1. The number of nitrogens with zero attached hydrogens (tertiary/aromatic N) is 2. The molecule has 1 heterocycles. The molecule has 0 amide bonds. The first kappa shape index (κ1) is 12.7. The molecule has 3 aromatic rings. The molecule has 100 valence electrons. The number of aromatic nitrogens is 1. The molecular weight excluding hydrogens is 276 g/mol. The first-order chi connectivity index (χ1) is 9.74. The van der Waals surface area contributed by atoms with Gasteiger partial charge in [-0.3, -0.25) is 0 Å². The van der Waals surface area contributed by atoms with Gasteiger partial charge in [0.1, 0.15) is 11.3 Å². The summed E-state index contributed by atoms with van der Waals surface area (Å²) < 4.78 is 10.6. The molecule has 0 fully saturated rings. The fraction of sp³-hybridized carbons (Fsp3) is 0.0667. The van der Waals surface area contributed by atoms with Crippen molar-refractivity contribution in [3.8, 4) is 5.75 Å². The lowest BCUT2D eigenvalue weighted by atomic mass is 10.2. The van der Waals surface area contributed by atoms with Crippen LogP contribution in [0.25, 0.3) is 11.1 Å². The number of rotatable bonds is 3. The highest BCUT2D eigenvalue weighted by molar-refractivity contribution is 6.31. The molecule has 0 aliphatic rings. The Kier molecular flexibility index (Phi) is 3.39. The zero-order chi connectivity index (χ0) is 13.9. The lowest BCUT2D eigenvalue weighted by Gasteiger charge is -1.98. The Morgan fingerprint density at radius 2 is 2.00 bits per heavy atom. The van der Waals surface area contributed by atoms with Crippen LogP contribution < -0.4 is 4.74 Å². The molecule has 2 aromatic carbocycles. The standard InChI is InChI=1S/C15H11ClN2O2/c1-19-12-5-2-10(3-6-12)9-17-15-18-13-8-11(16)4-7-14(13)20-15/h2-9H,1H3. The Labute approximate surface area is 120 Å². The highest BCUT2D eigenvalue weighted by atomic mass is 35.5. The van der Waals surface area contributed by atoms with Crippen LogP contribution in [0.15, 0.2) is 51.9 Å². The SMILES string of the molecule is COc1ccc(C=Nc2nc3cc(Cl)ccc3o2)cc1. The first-order valence-electron chi connectivity index (χ1n) is 5.99. The van der Waals surface area contributed by atoms with E-state index in [0.717, 1.165) is 11.3 Å². The van der Waals surface area contributed by atoms with Crippen molar-refractivity contribution in [1.29, 1.82) is 0 Å². The number of fused-ring (bicyclic) bond motifs is 1. The predicted octanol–water partition coefficient (Wildman–Crippen LogP) is 4.24. The zero-order valence-electron chi connectivity index (χ0n) is 10.7. The molecule has 0 N–H and O–H groups in total. The van der Waals surface area contributed by atoms with Crippen LogP contribution in [0.1, 0.15) is 5.56 Å². The van der Waals surface area contributed by atoms with Gasteiger partial charge in [0.2, 0.25) is 0 Å². The van der Waals surface area contributed by atoms with E-state index in [9.17, 15) is 0 Å². The van der Waals surface area contributed by atoms with Crippen molar-refractivity contribution in [1.82, 2.24) is 4.98 Å². The van der Waals surface area contributed by atoms with Crippen LogP contribution in [0.4, 0.5) is 6.01 Å². The highest BCUT2D eigenvalue weighted by Crippen LogP contribution is 2.23. The van der Waals surface area contributed by atoms with Gasteiger partial charge in [0.15, 0.2) is 5.58 Å². The molecule has 1 aromatic heterocycles. The fourth-order valence-electron chi connectivity index (χ4n) is 1.76. The third kappa shape index (κ3) is 2.65.